The third-order valence-corrected chi connectivity index (χ3v) is 4.26. The van der Waals surface area contributed by atoms with Gasteiger partial charge in [0.05, 0.1) is 5.52 Å². The van der Waals surface area contributed by atoms with Crippen LogP contribution in [-0.2, 0) is 11.8 Å². The summed E-state index contributed by atoms with van der Waals surface area (Å²) in [4.78, 5) is 39.3. The summed E-state index contributed by atoms with van der Waals surface area (Å²) >= 11 is 0. The second-order valence-electron chi connectivity index (χ2n) is 5.64. The second kappa shape index (κ2) is 5.91. The predicted octanol–water partition coefficient (Wildman–Crippen LogP) is 0.826. The van der Waals surface area contributed by atoms with Crippen LogP contribution in [0.3, 0.4) is 0 Å². The van der Waals surface area contributed by atoms with Gasteiger partial charge in [-0.15, -0.1) is 0 Å². The fourth-order valence-electron chi connectivity index (χ4n) is 2.82. The second-order valence-corrected chi connectivity index (χ2v) is 5.64. The summed E-state index contributed by atoms with van der Waals surface area (Å²) in [5, 5.41) is 0. The Bertz CT molecular complexity index is 812. The molecule has 3 rings (SSSR count). The van der Waals surface area contributed by atoms with Gasteiger partial charge in [-0.3, -0.25) is 14.2 Å². The van der Waals surface area contributed by atoms with Gasteiger partial charge in [0.1, 0.15) is 0 Å². The van der Waals surface area contributed by atoms with Crippen molar-refractivity contribution < 1.29 is 14.0 Å². The maximum atomic E-state index is 12.6. The van der Waals surface area contributed by atoms with Gasteiger partial charge in [0.15, 0.2) is 5.58 Å². The molecule has 7 nitrogen and oxygen atoms in total. The molecule has 0 saturated carbocycles. The van der Waals surface area contributed by atoms with Crippen LogP contribution in [0.5, 0.6) is 0 Å². The van der Waals surface area contributed by atoms with Gasteiger partial charge in [-0.05, 0) is 18.2 Å². The highest BCUT2D eigenvalue weighted by atomic mass is 16.4. The van der Waals surface area contributed by atoms with Crippen molar-refractivity contribution in [3.05, 3.63) is 34.3 Å². The van der Waals surface area contributed by atoms with Gasteiger partial charge in [0.25, 0.3) is 5.91 Å². The van der Waals surface area contributed by atoms with Gasteiger partial charge < -0.3 is 14.2 Å². The van der Waals surface area contributed by atoms with Gasteiger partial charge in [-0.2, -0.15) is 0 Å². The van der Waals surface area contributed by atoms with Gasteiger partial charge in [-0.1, -0.05) is 6.92 Å². The van der Waals surface area contributed by atoms with E-state index < -0.39 is 5.76 Å². The normalized spacial score (nSPS) is 15.2. The number of benzene rings is 1. The molecule has 0 spiro atoms. The number of piperazine rings is 1. The highest BCUT2D eigenvalue weighted by Crippen LogP contribution is 2.16. The molecule has 2 heterocycles. The molecule has 1 fully saturated rings. The average molecular weight is 317 g/mol. The first kappa shape index (κ1) is 15.3. The van der Waals surface area contributed by atoms with Gasteiger partial charge in [0, 0.05) is 45.2 Å². The maximum Gasteiger partial charge on any atom is 0.419 e. The summed E-state index contributed by atoms with van der Waals surface area (Å²) in [6, 6.07) is 4.98. The molecule has 0 bridgehead atoms. The summed E-state index contributed by atoms with van der Waals surface area (Å²) in [6.07, 6.45) is 0.485. The lowest BCUT2D eigenvalue weighted by Crippen LogP contribution is -2.50. The first-order valence-corrected chi connectivity index (χ1v) is 7.68. The summed E-state index contributed by atoms with van der Waals surface area (Å²) in [6.45, 7) is 4.00. The molecule has 2 amide bonds. The van der Waals surface area contributed by atoms with E-state index in [1.807, 2.05) is 6.92 Å². The lowest BCUT2D eigenvalue weighted by atomic mass is 10.1. The van der Waals surface area contributed by atoms with Crippen LogP contribution in [0.1, 0.15) is 23.7 Å². The maximum absolute atomic E-state index is 12.6. The highest BCUT2D eigenvalue weighted by Gasteiger charge is 2.24. The van der Waals surface area contributed by atoms with Crippen molar-refractivity contribution in [2.24, 2.45) is 7.05 Å². The smallest absolute Gasteiger partial charge is 0.408 e. The zero-order chi connectivity index (χ0) is 16.6. The predicted molar refractivity (Wildman–Crippen MR) is 84.2 cm³/mol. The number of aryl methyl sites for hydroxylation is 1. The molecule has 0 radical (unpaired) electrons. The number of hydrogen-bond acceptors (Lipinski definition) is 4. The van der Waals surface area contributed by atoms with Crippen LogP contribution < -0.4 is 5.76 Å². The number of amides is 2. The zero-order valence-electron chi connectivity index (χ0n) is 13.2. The van der Waals surface area contributed by atoms with Crippen molar-refractivity contribution in [3.63, 3.8) is 0 Å². The summed E-state index contributed by atoms with van der Waals surface area (Å²) in [5.74, 6) is -0.424. The highest BCUT2D eigenvalue weighted by molar-refractivity contribution is 5.97. The van der Waals surface area contributed by atoms with Crippen LogP contribution in [0.2, 0.25) is 0 Å². The monoisotopic (exact) mass is 317 g/mol. The molecule has 1 aliphatic heterocycles. The minimum Gasteiger partial charge on any atom is -0.408 e. The molecular formula is C16H19N3O4. The molecule has 2 aromatic rings. The van der Waals surface area contributed by atoms with Crippen LogP contribution in [0.15, 0.2) is 27.4 Å². The lowest BCUT2D eigenvalue weighted by Gasteiger charge is -2.34. The molecular weight excluding hydrogens is 298 g/mol. The van der Waals surface area contributed by atoms with Crippen molar-refractivity contribution in [2.45, 2.75) is 13.3 Å². The lowest BCUT2D eigenvalue weighted by molar-refractivity contribution is -0.132. The van der Waals surface area contributed by atoms with E-state index in [0.717, 1.165) is 0 Å². The molecule has 0 atom stereocenters. The number of nitrogens with zero attached hydrogens (tertiary/aromatic N) is 3. The molecule has 0 aliphatic carbocycles. The number of carbonyl (C=O) groups excluding carboxylic acids is 2. The van der Waals surface area contributed by atoms with Crippen molar-refractivity contribution in [2.75, 3.05) is 26.2 Å². The van der Waals surface area contributed by atoms with E-state index in [0.29, 0.717) is 49.3 Å². The van der Waals surface area contributed by atoms with Crippen molar-refractivity contribution in [1.82, 2.24) is 14.4 Å². The molecule has 1 aliphatic rings. The summed E-state index contributed by atoms with van der Waals surface area (Å²) < 4.78 is 6.45. The fourth-order valence-corrected chi connectivity index (χ4v) is 2.82. The minimum absolute atomic E-state index is 0.0934. The standard InChI is InChI=1S/C16H19N3O4/c1-3-14(20)18-6-8-19(9-7-18)15(21)11-4-5-13-12(10-11)17(2)16(22)23-13/h4-5,10H,3,6-9H2,1-2H3. The molecule has 7 heteroatoms. The van der Waals surface area contributed by atoms with Gasteiger partial charge >= 0.3 is 5.76 Å². The van der Waals surface area contributed by atoms with E-state index >= 15 is 0 Å². The van der Waals surface area contributed by atoms with E-state index in [4.69, 9.17) is 4.42 Å². The van der Waals surface area contributed by atoms with Crippen LogP contribution >= 0.6 is 0 Å². The van der Waals surface area contributed by atoms with E-state index in [1.165, 1.54) is 4.57 Å². The van der Waals surface area contributed by atoms with Gasteiger partial charge in [0.2, 0.25) is 5.91 Å². The molecule has 1 aromatic carbocycles. The summed E-state index contributed by atoms with van der Waals surface area (Å²) in [7, 11) is 1.61. The molecule has 0 unspecified atom stereocenters. The van der Waals surface area contributed by atoms with Crippen molar-refractivity contribution in [3.8, 4) is 0 Å². The Kier molecular flexibility index (Phi) is 3.94. The Labute approximate surface area is 133 Å². The Hall–Kier alpha value is -2.57. The average Bonchev–Trinajstić information content (AvgIpc) is 2.87. The zero-order valence-corrected chi connectivity index (χ0v) is 13.2. The molecule has 1 aromatic heterocycles. The number of aromatic nitrogens is 1. The number of fused-ring (bicyclic) bond motifs is 1. The van der Waals surface area contributed by atoms with Crippen LogP contribution in [0.25, 0.3) is 11.1 Å². The minimum atomic E-state index is -0.448. The molecule has 122 valence electrons. The number of hydrogen-bond donors (Lipinski definition) is 0. The Balaban J connectivity index is 1.77. The number of oxazole rings is 1. The van der Waals surface area contributed by atoms with Crippen LogP contribution in [0.4, 0.5) is 0 Å². The summed E-state index contributed by atoms with van der Waals surface area (Å²) in [5.41, 5.74) is 1.58. The molecule has 1 saturated heterocycles. The van der Waals surface area contributed by atoms with Gasteiger partial charge in [-0.25, -0.2) is 4.79 Å². The Morgan fingerprint density at radius 1 is 1.13 bits per heavy atom. The van der Waals surface area contributed by atoms with E-state index in [9.17, 15) is 14.4 Å². The number of rotatable bonds is 2. The third-order valence-electron chi connectivity index (χ3n) is 4.26. The molecule has 0 N–H and O–H groups in total. The van der Waals surface area contributed by atoms with E-state index in [-0.39, 0.29) is 11.8 Å². The van der Waals surface area contributed by atoms with Crippen molar-refractivity contribution >= 4 is 22.9 Å². The Morgan fingerprint density at radius 3 is 2.43 bits per heavy atom. The van der Waals surface area contributed by atoms with Crippen molar-refractivity contribution in [1.29, 1.82) is 0 Å². The van der Waals surface area contributed by atoms with E-state index in [1.54, 1.807) is 35.0 Å². The fraction of sp³-hybridized carbons (Fsp3) is 0.438. The van der Waals surface area contributed by atoms with E-state index in [2.05, 4.69) is 0 Å². The number of carbonyl (C=O) groups is 2. The Morgan fingerprint density at radius 2 is 1.78 bits per heavy atom. The van der Waals surface area contributed by atoms with Crippen LogP contribution in [0, 0.1) is 0 Å². The SMILES string of the molecule is CCC(=O)N1CCN(C(=O)c2ccc3oc(=O)n(C)c3c2)CC1. The topological polar surface area (TPSA) is 75.8 Å². The quantitative estimate of drug-likeness (QED) is 0.822. The van der Waals surface area contributed by atoms with Crippen LogP contribution in [-0.4, -0.2) is 52.4 Å². The first-order chi connectivity index (χ1) is 11.0. The third kappa shape index (κ3) is 2.74. The largest absolute Gasteiger partial charge is 0.419 e. The molecule has 23 heavy (non-hydrogen) atoms. The first-order valence-electron chi connectivity index (χ1n) is 7.68.